The molecule has 0 atom stereocenters. The Bertz CT molecular complexity index is 325. The number of carbonyl (C=O) groups excluding carboxylic acids is 1. The first kappa shape index (κ1) is 10.7. The van der Waals surface area contributed by atoms with Crippen molar-refractivity contribution in [1.29, 1.82) is 0 Å². The highest BCUT2D eigenvalue weighted by Gasteiger charge is 2.11. The summed E-state index contributed by atoms with van der Waals surface area (Å²) in [5.41, 5.74) is 2.24. The van der Waals surface area contributed by atoms with Crippen LogP contribution in [0.4, 0.5) is 0 Å². The Labute approximate surface area is 84.1 Å². The quantitative estimate of drug-likeness (QED) is 0.676. The maximum absolute atomic E-state index is 11.5. The summed E-state index contributed by atoms with van der Waals surface area (Å²) in [7, 11) is 0. The zero-order valence-corrected chi connectivity index (χ0v) is 9.00. The van der Waals surface area contributed by atoms with Gasteiger partial charge in [-0.15, -0.1) is 0 Å². The summed E-state index contributed by atoms with van der Waals surface area (Å²) in [5, 5.41) is 0. The Kier molecular flexibility index (Phi) is 3.23. The van der Waals surface area contributed by atoms with Crippen LogP contribution in [0.3, 0.4) is 0 Å². The molecule has 1 rings (SSSR count). The average molecular weight is 193 g/mol. The van der Waals surface area contributed by atoms with Crippen molar-refractivity contribution in [2.75, 3.05) is 0 Å². The molecule has 0 aliphatic carbocycles. The number of carbonyl (C=O) groups is 1. The van der Waals surface area contributed by atoms with E-state index in [2.05, 4.69) is 4.98 Å². The van der Waals surface area contributed by atoms with Crippen LogP contribution in [0.15, 0.2) is 12.1 Å². The molecule has 0 saturated heterocycles. The highest BCUT2D eigenvalue weighted by Crippen LogP contribution is 2.06. The van der Waals surface area contributed by atoms with Gasteiger partial charge < -0.3 is 4.74 Å². The molecule has 0 amide bonds. The van der Waals surface area contributed by atoms with E-state index in [0.29, 0.717) is 5.69 Å². The lowest BCUT2D eigenvalue weighted by Gasteiger charge is -2.08. The van der Waals surface area contributed by atoms with Gasteiger partial charge in [0.15, 0.2) is 0 Å². The number of nitrogens with zero attached hydrogens (tertiary/aromatic N) is 1. The molecule has 3 heteroatoms. The van der Waals surface area contributed by atoms with Crippen LogP contribution in [-0.4, -0.2) is 17.1 Å². The fraction of sp³-hybridized carbons (Fsp3) is 0.455. The monoisotopic (exact) mass is 193 g/mol. The normalized spacial score (nSPS) is 10.4. The SMILES string of the molecule is Cc1cc(C)nc(C(=O)OC(C)C)c1. The Morgan fingerprint density at radius 2 is 2.00 bits per heavy atom. The predicted molar refractivity (Wildman–Crippen MR) is 54.3 cm³/mol. The third-order valence-electron chi connectivity index (χ3n) is 1.65. The van der Waals surface area contributed by atoms with Crippen molar-refractivity contribution in [3.63, 3.8) is 0 Å². The molecular formula is C11H15NO2. The van der Waals surface area contributed by atoms with E-state index in [-0.39, 0.29) is 12.1 Å². The van der Waals surface area contributed by atoms with Gasteiger partial charge in [-0.05, 0) is 45.4 Å². The number of hydrogen-bond acceptors (Lipinski definition) is 3. The second kappa shape index (κ2) is 4.22. The van der Waals surface area contributed by atoms with E-state index in [4.69, 9.17) is 4.74 Å². The van der Waals surface area contributed by atoms with Gasteiger partial charge in [-0.2, -0.15) is 0 Å². The molecule has 0 N–H and O–H groups in total. The lowest BCUT2D eigenvalue weighted by molar-refractivity contribution is 0.0370. The first-order valence-corrected chi connectivity index (χ1v) is 4.65. The second-order valence-electron chi connectivity index (χ2n) is 3.63. The molecular weight excluding hydrogens is 178 g/mol. The standard InChI is InChI=1S/C11H15NO2/c1-7(2)14-11(13)10-6-8(3)5-9(4)12-10/h5-7H,1-4H3. The maximum atomic E-state index is 11.5. The molecule has 3 nitrogen and oxygen atoms in total. The molecule has 0 aromatic carbocycles. The van der Waals surface area contributed by atoms with Gasteiger partial charge >= 0.3 is 5.97 Å². The third kappa shape index (κ3) is 2.83. The van der Waals surface area contributed by atoms with Gasteiger partial charge in [0.25, 0.3) is 0 Å². The molecule has 0 aliphatic rings. The van der Waals surface area contributed by atoms with Crippen molar-refractivity contribution in [1.82, 2.24) is 4.98 Å². The largest absolute Gasteiger partial charge is 0.458 e. The highest BCUT2D eigenvalue weighted by atomic mass is 16.5. The summed E-state index contributed by atoms with van der Waals surface area (Å²) in [6.07, 6.45) is -0.106. The topological polar surface area (TPSA) is 39.2 Å². The fourth-order valence-corrected chi connectivity index (χ4v) is 1.22. The van der Waals surface area contributed by atoms with Gasteiger partial charge in [0.05, 0.1) is 6.10 Å². The Balaban J connectivity index is 2.90. The highest BCUT2D eigenvalue weighted by molar-refractivity contribution is 5.87. The van der Waals surface area contributed by atoms with E-state index in [0.717, 1.165) is 11.3 Å². The Morgan fingerprint density at radius 3 is 2.50 bits per heavy atom. The second-order valence-corrected chi connectivity index (χ2v) is 3.63. The molecule has 0 aliphatic heterocycles. The van der Waals surface area contributed by atoms with Gasteiger partial charge in [-0.25, -0.2) is 9.78 Å². The Morgan fingerprint density at radius 1 is 1.36 bits per heavy atom. The summed E-state index contributed by atoms with van der Waals surface area (Å²) >= 11 is 0. The first-order valence-electron chi connectivity index (χ1n) is 4.65. The lowest BCUT2D eigenvalue weighted by Crippen LogP contribution is -2.13. The van der Waals surface area contributed by atoms with Crippen LogP contribution in [0.25, 0.3) is 0 Å². The van der Waals surface area contributed by atoms with Crippen molar-refractivity contribution >= 4 is 5.97 Å². The van der Waals surface area contributed by atoms with E-state index < -0.39 is 0 Å². The van der Waals surface area contributed by atoms with Gasteiger partial charge in [0, 0.05) is 5.69 Å². The van der Waals surface area contributed by atoms with Crippen LogP contribution in [0.1, 0.15) is 35.6 Å². The van der Waals surface area contributed by atoms with Crippen LogP contribution >= 0.6 is 0 Å². The molecule has 0 spiro atoms. The Hall–Kier alpha value is -1.38. The van der Waals surface area contributed by atoms with Crippen LogP contribution in [0.2, 0.25) is 0 Å². The number of hydrogen-bond donors (Lipinski definition) is 0. The van der Waals surface area contributed by atoms with Gasteiger partial charge in [-0.3, -0.25) is 0 Å². The molecule has 0 unspecified atom stereocenters. The summed E-state index contributed by atoms with van der Waals surface area (Å²) in [6.45, 7) is 7.43. The minimum Gasteiger partial charge on any atom is -0.458 e. The van der Waals surface area contributed by atoms with Crippen molar-refractivity contribution in [3.05, 3.63) is 29.1 Å². The maximum Gasteiger partial charge on any atom is 0.357 e. The molecule has 14 heavy (non-hydrogen) atoms. The number of pyridine rings is 1. The van der Waals surface area contributed by atoms with Crippen LogP contribution in [0.5, 0.6) is 0 Å². The molecule has 0 saturated carbocycles. The average Bonchev–Trinajstić information content (AvgIpc) is 2.00. The number of esters is 1. The summed E-state index contributed by atoms with van der Waals surface area (Å²) in [5.74, 6) is -0.355. The molecule has 1 aromatic heterocycles. The fourth-order valence-electron chi connectivity index (χ4n) is 1.22. The van der Waals surface area contributed by atoms with Gasteiger partial charge in [0.1, 0.15) is 5.69 Å². The number of aromatic nitrogens is 1. The lowest BCUT2D eigenvalue weighted by atomic mass is 10.2. The van der Waals surface area contributed by atoms with E-state index in [1.807, 2.05) is 33.8 Å². The van der Waals surface area contributed by atoms with Crippen LogP contribution in [-0.2, 0) is 4.74 Å². The molecule has 76 valence electrons. The minimum atomic E-state index is -0.355. The number of aryl methyl sites for hydroxylation is 2. The van der Waals surface area contributed by atoms with E-state index in [1.54, 1.807) is 6.07 Å². The van der Waals surface area contributed by atoms with E-state index >= 15 is 0 Å². The zero-order chi connectivity index (χ0) is 10.7. The predicted octanol–water partition coefficient (Wildman–Crippen LogP) is 2.26. The molecule has 1 heterocycles. The molecule has 0 bridgehead atoms. The molecule has 1 aromatic rings. The first-order chi connectivity index (χ1) is 6.49. The summed E-state index contributed by atoms with van der Waals surface area (Å²) in [4.78, 5) is 15.6. The summed E-state index contributed by atoms with van der Waals surface area (Å²) in [6, 6.07) is 3.66. The van der Waals surface area contributed by atoms with Crippen LogP contribution in [0, 0.1) is 13.8 Å². The number of ether oxygens (including phenoxy) is 1. The van der Waals surface area contributed by atoms with E-state index in [9.17, 15) is 4.79 Å². The van der Waals surface area contributed by atoms with E-state index in [1.165, 1.54) is 0 Å². The van der Waals surface area contributed by atoms with Crippen molar-refractivity contribution in [2.45, 2.75) is 33.8 Å². The van der Waals surface area contributed by atoms with Gasteiger partial charge in [0.2, 0.25) is 0 Å². The van der Waals surface area contributed by atoms with Crippen LogP contribution < -0.4 is 0 Å². The minimum absolute atomic E-state index is 0.106. The van der Waals surface area contributed by atoms with Crippen molar-refractivity contribution < 1.29 is 9.53 Å². The van der Waals surface area contributed by atoms with Gasteiger partial charge in [-0.1, -0.05) is 0 Å². The summed E-state index contributed by atoms with van der Waals surface area (Å²) < 4.78 is 5.04. The smallest absolute Gasteiger partial charge is 0.357 e. The number of rotatable bonds is 2. The molecule has 0 fully saturated rings. The van der Waals surface area contributed by atoms with Crippen molar-refractivity contribution in [3.8, 4) is 0 Å². The zero-order valence-electron chi connectivity index (χ0n) is 9.00. The third-order valence-corrected chi connectivity index (χ3v) is 1.65. The van der Waals surface area contributed by atoms with Crippen molar-refractivity contribution in [2.24, 2.45) is 0 Å². The molecule has 0 radical (unpaired) electrons.